The van der Waals surface area contributed by atoms with Crippen LogP contribution in [-0.2, 0) is 6.42 Å². The molecule has 0 aromatic heterocycles. The molecular weight excluding hydrogens is 413 g/mol. The Morgan fingerprint density at radius 3 is 1.91 bits per heavy atom. The molecule has 0 aliphatic heterocycles. The predicted octanol–water partition coefficient (Wildman–Crippen LogP) is 5.92. The Kier molecular flexibility index (Phi) is 4.94. The van der Waals surface area contributed by atoms with E-state index in [0.29, 0.717) is 12.0 Å². The van der Waals surface area contributed by atoms with Crippen LogP contribution < -0.4 is 21.4 Å². The largest absolute Gasteiger partial charge is 0.382 e. The lowest BCUT2D eigenvalue weighted by Crippen LogP contribution is -1.92. The van der Waals surface area contributed by atoms with E-state index in [-0.39, 0.29) is 28.7 Å². The number of rotatable bonds is 5. The molecule has 0 bridgehead atoms. The van der Waals surface area contributed by atoms with Gasteiger partial charge in [-0.05, 0) is 29.3 Å². The first-order valence-electron chi connectivity index (χ1n) is 5.99. The Balaban J connectivity index is 2.30. The van der Waals surface area contributed by atoms with Crippen LogP contribution in [-0.4, -0.2) is 0 Å². The highest BCUT2D eigenvalue weighted by molar-refractivity contribution is 6.13. The monoisotopic (exact) mass is 416 g/mol. The van der Waals surface area contributed by atoms with Crippen LogP contribution >= 0.6 is 59.3 Å². The molecule has 0 atom stereocenters. The van der Waals surface area contributed by atoms with Crippen LogP contribution in [0.3, 0.4) is 0 Å². The Morgan fingerprint density at radius 1 is 0.696 bits per heavy atom. The van der Waals surface area contributed by atoms with Gasteiger partial charge in [-0.25, -0.2) is 0 Å². The summed E-state index contributed by atoms with van der Waals surface area (Å²) < 4.78 is 24.0. The molecule has 2 aromatic rings. The normalized spacial score (nSPS) is 11.5. The summed E-state index contributed by atoms with van der Waals surface area (Å²) in [6.45, 7) is 0. The van der Waals surface area contributed by atoms with Crippen molar-refractivity contribution in [2.75, 3.05) is 0 Å². The van der Waals surface area contributed by atoms with Gasteiger partial charge in [0.1, 0.15) is 59.3 Å². The third-order valence-corrected chi connectivity index (χ3v) is 4.34. The van der Waals surface area contributed by atoms with E-state index in [9.17, 15) is 0 Å². The maximum atomic E-state index is 5.58. The fourth-order valence-electron chi connectivity index (χ4n) is 2.66. The molecular formula is C13H5Cl5O5. The van der Waals surface area contributed by atoms with Gasteiger partial charge < -0.3 is 21.4 Å². The van der Waals surface area contributed by atoms with Gasteiger partial charge in [-0.3, -0.25) is 0 Å². The summed E-state index contributed by atoms with van der Waals surface area (Å²) in [7, 11) is 0. The number of hydrogen-bond acceptors (Lipinski definition) is 5. The lowest BCUT2D eigenvalue weighted by Gasteiger charge is -2.12. The minimum atomic E-state index is 0.0364. The lowest BCUT2D eigenvalue weighted by atomic mass is 10.0. The molecule has 0 unspecified atom stereocenters. The van der Waals surface area contributed by atoms with Crippen molar-refractivity contribution in [3.63, 3.8) is 0 Å². The van der Waals surface area contributed by atoms with E-state index in [1.165, 1.54) is 0 Å². The summed E-state index contributed by atoms with van der Waals surface area (Å²) in [6, 6.07) is 4.97. The average Bonchev–Trinajstić information content (AvgIpc) is 2.96. The molecule has 0 saturated carbocycles. The van der Waals surface area contributed by atoms with Gasteiger partial charge >= 0.3 is 0 Å². The highest BCUT2D eigenvalue weighted by Gasteiger charge is 2.32. The highest BCUT2D eigenvalue weighted by atomic mass is 35.5. The molecule has 122 valence electrons. The van der Waals surface area contributed by atoms with Gasteiger partial charge in [0, 0.05) is 17.5 Å². The lowest BCUT2D eigenvalue weighted by molar-refractivity contribution is 0.507. The number of hydrogen-bond donors (Lipinski definition) is 0. The quantitative estimate of drug-likeness (QED) is 0.515. The first-order chi connectivity index (χ1) is 11.2. The second-order valence-electron chi connectivity index (χ2n) is 4.55. The van der Waals surface area contributed by atoms with Crippen LogP contribution in [0.25, 0.3) is 11.1 Å². The number of benzene rings is 2. The number of halogens is 5. The molecule has 2 aromatic carbocycles. The van der Waals surface area contributed by atoms with Gasteiger partial charge in [0.15, 0.2) is 17.2 Å². The summed E-state index contributed by atoms with van der Waals surface area (Å²) in [6.07, 6.45) is 0.421. The third-order valence-electron chi connectivity index (χ3n) is 3.54. The fraction of sp³-hybridized carbons (Fsp3) is 0.0769. The van der Waals surface area contributed by atoms with Crippen LogP contribution in [0.15, 0.2) is 18.2 Å². The zero-order chi connectivity index (χ0) is 16.6. The molecule has 10 heteroatoms. The minimum absolute atomic E-state index is 0.0364. The molecule has 0 heterocycles. The first kappa shape index (κ1) is 16.7. The second kappa shape index (κ2) is 6.79. The second-order valence-corrected chi connectivity index (χ2v) is 5.32. The van der Waals surface area contributed by atoms with Crippen molar-refractivity contribution in [2.45, 2.75) is 6.42 Å². The molecule has 1 aliphatic rings. The van der Waals surface area contributed by atoms with Crippen LogP contribution in [0.5, 0.6) is 28.7 Å². The van der Waals surface area contributed by atoms with Gasteiger partial charge in [0.2, 0.25) is 11.5 Å². The molecule has 0 fully saturated rings. The molecule has 1 aliphatic carbocycles. The number of fused-ring (bicyclic) bond motifs is 3. The maximum Gasteiger partial charge on any atom is 0.235 e. The molecule has 0 N–H and O–H groups in total. The molecule has 23 heavy (non-hydrogen) atoms. The topological polar surface area (TPSA) is 46.2 Å². The van der Waals surface area contributed by atoms with Crippen molar-refractivity contribution in [3.05, 3.63) is 29.3 Å². The zero-order valence-corrected chi connectivity index (χ0v) is 14.6. The molecule has 0 spiro atoms. The van der Waals surface area contributed by atoms with E-state index in [1.54, 1.807) is 18.2 Å². The van der Waals surface area contributed by atoms with E-state index >= 15 is 0 Å². The van der Waals surface area contributed by atoms with Crippen LogP contribution in [0, 0.1) is 0 Å². The summed E-state index contributed by atoms with van der Waals surface area (Å²) in [5.74, 6) is 0.871. The summed E-state index contributed by atoms with van der Waals surface area (Å²) >= 11 is 27.4. The highest BCUT2D eigenvalue weighted by Crippen LogP contribution is 2.55. The van der Waals surface area contributed by atoms with E-state index in [4.69, 9.17) is 80.8 Å². The molecule has 5 nitrogen and oxygen atoms in total. The van der Waals surface area contributed by atoms with Crippen LogP contribution in [0.1, 0.15) is 11.1 Å². The minimum Gasteiger partial charge on any atom is -0.382 e. The van der Waals surface area contributed by atoms with E-state index < -0.39 is 0 Å². The fourth-order valence-corrected chi connectivity index (χ4v) is 3.36. The van der Waals surface area contributed by atoms with Crippen LogP contribution in [0.4, 0.5) is 0 Å². The van der Waals surface area contributed by atoms with Crippen molar-refractivity contribution in [1.29, 1.82) is 0 Å². The van der Waals surface area contributed by atoms with Crippen molar-refractivity contribution >= 4 is 59.3 Å². The Bertz CT molecular complexity index is 767. The van der Waals surface area contributed by atoms with E-state index in [2.05, 4.69) is 0 Å². The Labute approximate surface area is 156 Å². The van der Waals surface area contributed by atoms with Crippen molar-refractivity contribution < 1.29 is 21.4 Å². The van der Waals surface area contributed by atoms with Crippen molar-refractivity contribution in [3.8, 4) is 39.9 Å². The van der Waals surface area contributed by atoms with E-state index in [1.807, 2.05) is 0 Å². The molecule has 0 amide bonds. The molecule has 0 radical (unpaired) electrons. The summed E-state index contributed by atoms with van der Waals surface area (Å²) in [4.78, 5) is 0. The zero-order valence-electron chi connectivity index (χ0n) is 10.9. The van der Waals surface area contributed by atoms with Crippen LogP contribution in [0.2, 0.25) is 0 Å². The average molecular weight is 418 g/mol. The van der Waals surface area contributed by atoms with Gasteiger partial charge in [-0.2, -0.15) is 0 Å². The predicted molar refractivity (Wildman–Crippen MR) is 87.1 cm³/mol. The van der Waals surface area contributed by atoms with Gasteiger partial charge in [-0.15, -0.1) is 0 Å². The van der Waals surface area contributed by atoms with E-state index in [0.717, 1.165) is 16.7 Å². The summed E-state index contributed by atoms with van der Waals surface area (Å²) in [5, 5.41) is 0. The third kappa shape index (κ3) is 2.57. The first-order valence-corrected chi connectivity index (χ1v) is 7.53. The SMILES string of the molecule is ClOc1ccc2c(c1OCl)Cc1cc(OCl)c(OCl)c(OCl)c1-2. The maximum absolute atomic E-state index is 5.58. The Hall–Kier alpha value is -1.11. The molecule has 0 saturated heterocycles. The standard InChI is InChI=1S/C13H5Cl5O5/c14-19-8-2-1-6-7(11(8)21-16)3-5-4-9(20-15)12(22-17)13(23-18)10(5)6/h1-2,4H,3H2. The van der Waals surface area contributed by atoms with Gasteiger partial charge in [0.25, 0.3) is 0 Å². The Morgan fingerprint density at radius 2 is 1.35 bits per heavy atom. The van der Waals surface area contributed by atoms with Gasteiger partial charge in [0.05, 0.1) is 0 Å². The van der Waals surface area contributed by atoms with Crippen molar-refractivity contribution in [2.24, 2.45) is 0 Å². The smallest absolute Gasteiger partial charge is 0.235 e. The van der Waals surface area contributed by atoms with Crippen molar-refractivity contribution in [1.82, 2.24) is 0 Å². The molecule has 3 rings (SSSR count). The summed E-state index contributed by atoms with van der Waals surface area (Å²) in [5.41, 5.74) is 2.87. The van der Waals surface area contributed by atoms with Gasteiger partial charge in [-0.1, -0.05) is 0 Å².